The maximum atomic E-state index is 12.4. The Morgan fingerprint density at radius 2 is 2.45 bits per heavy atom. The second-order valence-electron chi connectivity index (χ2n) is 4.96. The van der Waals surface area contributed by atoms with Crippen molar-refractivity contribution >= 4 is 22.4 Å². The van der Waals surface area contributed by atoms with Crippen LogP contribution in [0.1, 0.15) is 23.8 Å². The van der Waals surface area contributed by atoms with Crippen molar-refractivity contribution in [3.05, 3.63) is 29.7 Å². The summed E-state index contributed by atoms with van der Waals surface area (Å²) in [5.41, 5.74) is 1.86. The molecule has 3 heterocycles. The first-order valence-corrected chi connectivity index (χ1v) is 7.25. The summed E-state index contributed by atoms with van der Waals surface area (Å²) >= 11 is 1.30. The molecule has 0 aliphatic carbocycles. The molecule has 1 fully saturated rings. The van der Waals surface area contributed by atoms with Crippen LogP contribution in [0.15, 0.2) is 18.5 Å². The molecule has 1 N–H and O–H groups in total. The van der Waals surface area contributed by atoms with E-state index in [1.165, 1.54) is 11.5 Å². The van der Waals surface area contributed by atoms with E-state index in [0.717, 1.165) is 22.7 Å². The largest absolute Gasteiger partial charge is 0.373 e. The van der Waals surface area contributed by atoms with E-state index in [4.69, 9.17) is 4.74 Å². The Hall–Kier alpha value is -1.73. The Morgan fingerprint density at radius 3 is 3.10 bits per heavy atom. The third-order valence-corrected chi connectivity index (χ3v) is 4.15. The Morgan fingerprint density at radius 1 is 1.60 bits per heavy atom. The van der Waals surface area contributed by atoms with Crippen LogP contribution in [0.5, 0.6) is 0 Å². The van der Waals surface area contributed by atoms with Gasteiger partial charge in [-0.15, -0.1) is 0 Å². The van der Waals surface area contributed by atoms with Crippen LogP contribution in [0, 0.1) is 12.8 Å². The number of hydrogen-bond donors (Lipinski definition) is 1. The zero-order chi connectivity index (χ0) is 14.1. The molecule has 2 aromatic rings. The fourth-order valence-electron chi connectivity index (χ4n) is 2.41. The highest BCUT2D eigenvalue weighted by Gasteiger charge is 2.36. The number of carbonyl (C=O) groups is 1. The summed E-state index contributed by atoms with van der Waals surface area (Å²) in [5, 5.41) is 7.84. The smallest absolute Gasteiger partial charge is 0.231 e. The van der Waals surface area contributed by atoms with Gasteiger partial charge in [0.15, 0.2) is 0 Å². The van der Waals surface area contributed by atoms with Gasteiger partial charge < -0.3 is 10.1 Å². The summed E-state index contributed by atoms with van der Waals surface area (Å²) in [7, 11) is 1.85. The van der Waals surface area contributed by atoms with Gasteiger partial charge in [0.2, 0.25) is 5.91 Å². The van der Waals surface area contributed by atoms with Gasteiger partial charge in [0.1, 0.15) is 5.00 Å². The number of nitrogens with zero attached hydrogens (tertiary/aromatic N) is 3. The van der Waals surface area contributed by atoms with E-state index in [2.05, 4.69) is 14.8 Å². The minimum Gasteiger partial charge on any atom is -0.373 e. The van der Waals surface area contributed by atoms with Gasteiger partial charge in [-0.25, -0.2) is 0 Å². The fourth-order valence-corrected chi connectivity index (χ4v) is 3.07. The number of aromatic nitrogens is 3. The molecule has 6 nitrogen and oxygen atoms in total. The van der Waals surface area contributed by atoms with E-state index >= 15 is 0 Å². The molecule has 20 heavy (non-hydrogen) atoms. The molecule has 0 bridgehead atoms. The average molecular weight is 292 g/mol. The van der Waals surface area contributed by atoms with Gasteiger partial charge in [-0.2, -0.15) is 9.47 Å². The monoisotopic (exact) mass is 292 g/mol. The summed E-state index contributed by atoms with van der Waals surface area (Å²) in [5.74, 6) is -0.193. The second-order valence-corrected chi connectivity index (χ2v) is 5.76. The lowest BCUT2D eigenvalue weighted by Gasteiger charge is -2.16. The van der Waals surface area contributed by atoms with Crippen molar-refractivity contribution in [1.82, 2.24) is 14.2 Å². The normalized spacial score (nSPS) is 22.1. The molecule has 0 spiro atoms. The van der Waals surface area contributed by atoms with Gasteiger partial charge in [-0.1, -0.05) is 0 Å². The Balaban J connectivity index is 1.73. The van der Waals surface area contributed by atoms with E-state index in [-0.39, 0.29) is 17.9 Å². The first-order chi connectivity index (χ1) is 9.63. The SMILES string of the molecule is Cc1cc(NC(=O)[C@H]2CCO[C@@H]2c2cnn(C)c2)sn1. The van der Waals surface area contributed by atoms with E-state index in [1.54, 1.807) is 10.9 Å². The standard InChI is InChI=1S/C13H16N4O2S/c1-8-5-11(20-16-8)15-13(18)10-3-4-19-12(10)9-6-14-17(2)7-9/h5-7,10,12H,3-4H2,1-2H3,(H,15,18)/t10-,12+/m0/s1. The van der Waals surface area contributed by atoms with Crippen LogP contribution < -0.4 is 5.32 Å². The second kappa shape index (κ2) is 5.34. The first-order valence-electron chi connectivity index (χ1n) is 6.48. The van der Waals surface area contributed by atoms with E-state index in [9.17, 15) is 4.79 Å². The highest BCUT2D eigenvalue weighted by molar-refractivity contribution is 7.10. The Bertz CT molecular complexity index is 621. The van der Waals surface area contributed by atoms with Gasteiger partial charge >= 0.3 is 0 Å². The van der Waals surface area contributed by atoms with Crippen molar-refractivity contribution in [3.63, 3.8) is 0 Å². The fraction of sp³-hybridized carbons (Fsp3) is 0.462. The lowest BCUT2D eigenvalue weighted by molar-refractivity contribution is -0.121. The predicted octanol–water partition coefficient (Wildman–Crippen LogP) is 1.90. The van der Waals surface area contributed by atoms with Crippen LogP contribution in [-0.2, 0) is 16.6 Å². The lowest BCUT2D eigenvalue weighted by Crippen LogP contribution is -2.24. The number of carbonyl (C=O) groups excluding carboxylic acids is 1. The number of anilines is 1. The number of nitrogens with one attached hydrogen (secondary N) is 1. The molecule has 7 heteroatoms. The molecule has 1 amide bonds. The summed E-state index contributed by atoms with van der Waals surface area (Å²) in [6, 6.07) is 1.87. The van der Waals surface area contributed by atoms with Crippen molar-refractivity contribution in [2.75, 3.05) is 11.9 Å². The van der Waals surface area contributed by atoms with Gasteiger partial charge in [0.05, 0.1) is 23.9 Å². The molecular formula is C13H16N4O2S. The van der Waals surface area contributed by atoms with E-state index < -0.39 is 0 Å². The number of hydrogen-bond acceptors (Lipinski definition) is 5. The Labute approximate surface area is 120 Å². The number of amides is 1. The van der Waals surface area contributed by atoms with Crippen LogP contribution in [-0.4, -0.2) is 26.7 Å². The molecule has 1 saturated heterocycles. The number of aryl methyl sites for hydroxylation is 2. The minimum atomic E-state index is -0.210. The third-order valence-electron chi connectivity index (χ3n) is 3.36. The highest BCUT2D eigenvalue weighted by atomic mass is 32.1. The quantitative estimate of drug-likeness (QED) is 0.938. The molecule has 1 aliphatic heterocycles. The molecule has 2 aromatic heterocycles. The zero-order valence-corrected chi connectivity index (χ0v) is 12.2. The first kappa shape index (κ1) is 13.3. The van der Waals surface area contributed by atoms with Crippen molar-refractivity contribution in [3.8, 4) is 0 Å². The zero-order valence-electron chi connectivity index (χ0n) is 11.4. The maximum absolute atomic E-state index is 12.4. The molecule has 0 saturated carbocycles. The van der Waals surface area contributed by atoms with E-state index in [0.29, 0.717) is 6.61 Å². The maximum Gasteiger partial charge on any atom is 0.231 e. The molecular weight excluding hydrogens is 276 g/mol. The number of rotatable bonds is 3. The van der Waals surface area contributed by atoms with Crippen molar-refractivity contribution in [2.45, 2.75) is 19.4 Å². The van der Waals surface area contributed by atoms with Gasteiger partial charge in [0.25, 0.3) is 0 Å². The number of ether oxygens (including phenoxy) is 1. The van der Waals surface area contributed by atoms with Crippen LogP contribution in [0.3, 0.4) is 0 Å². The summed E-state index contributed by atoms with van der Waals surface area (Å²) in [4.78, 5) is 12.4. The highest BCUT2D eigenvalue weighted by Crippen LogP contribution is 2.35. The van der Waals surface area contributed by atoms with Crippen LogP contribution in [0.25, 0.3) is 0 Å². The molecule has 2 atom stereocenters. The van der Waals surface area contributed by atoms with E-state index in [1.807, 2.05) is 26.2 Å². The van der Waals surface area contributed by atoms with Gasteiger partial charge in [0, 0.05) is 25.4 Å². The predicted molar refractivity (Wildman–Crippen MR) is 75.5 cm³/mol. The third kappa shape index (κ3) is 2.59. The lowest BCUT2D eigenvalue weighted by atomic mass is 9.96. The Kier molecular flexibility index (Phi) is 3.54. The molecule has 0 unspecified atom stereocenters. The molecule has 106 valence electrons. The van der Waals surface area contributed by atoms with Crippen LogP contribution in [0.4, 0.5) is 5.00 Å². The van der Waals surface area contributed by atoms with Gasteiger partial charge in [-0.05, 0) is 30.9 Å². The van der Waals surface area contributed by atoms with Crippen LogP contribution >= 0.6 is 11.5 Å². The van der Waals surface area contributed by atoms with Gasteiger partial charge in [-0.3, -0.25) is 9.48 Å². The molecule has 3 rings (SSSR count). The van der Waals surface area contributed by atoms with Crippen molar-refractivity contribution < 1.29 is 9.53 Å². The molecule has 1 aliphatic rings. The molecule has 0 radical (unpaired) electrons. The average Bonchev–Trinajstić information content (AvgIpc) is 3.09. The molecule has 0 aromatic carbocycles. The summed E-state index contributed by atoms with van der Waals surface area (Å²) in [6.07, 6.45) is 4.17. The summed E-state index contributed by atoms with van der Waals surface area (Å²) in [6.45, 7) is 2.50. The van der Waals surface area contributed by atoms with Crippen LogP contribution in [0.2, 0.25) is 0 Å². The topological polar surface area (TPSA) is 69.0 Å². The summed E-state index contributed by atoms with van der Waals surface area (Å²) < 4.78 is 11.6. The van der Waals surface area contributed by atoms with Crippen molar-refractivity contribution in [1.29, 1.82) is 0 Å². The minimum absolute atomic E-state index is 0.0139. The van der Waals surface area contributed by atoms with Crippen molar-refractivity contribution in [2.24, 2.45) is 13.0 Å².